The minimum Gasteiger partial charge on any atom is -0.508 e. The van der Waals surface area contributed by atoms with Gasteiger partial charge in [-0.1, -0.05) is 12.1 Å². The van der Waals surface area contributed by atoms with Crippen molar-refractivity contribution in [3.63, 3.8) is 0 Å². The smallest absolute Gasteiger partial charge is 0.115 e. The van der Waals surface area contributed by atoms with Crippen LogP contribution in [-0.4, -0.2) is 41.3 Å². The van der Waals surface area contributed by atoms with E-state index in [1.165, 1.54) is 0 Å². The van der Waals surface area contributed by atoms with E-state index in [1.54, 1.807) is 6.07 Å². The Kier molecular flexibility index (Phi) is 3.24. The second-order valence-electron chi connectivity index (χ2n) is 5.42. The van der Waals surface area contributed by atoms with Gasteiger partial charge in [-0.3, -0.25) is 4.90 Å². The number of benzene rings is 1. The first-order valence-corrected chi connectivity index (χ1v) is 6.59. The van der Waals surface area contributed by atoms with Crippen molar-refractivity contribution in [2.45, 2.75) is 37.5 Å². The van der Waals surface area contributed by atoms with Gasteiger partial charge in [-0.2, -0.15) is 0 Å². The number of ether oxygens (including phenoxy) is 1. The molecule has 2 saturated heterocycles. The van der Waals surface area contributed by atoms with Gasteiger partial charge >= 0.3 is 0 Å². The zero-order valence-electron chi connectivity index (χ0n) is 10.5. The molecule has 0 aromatic heterocycles. The third-order valence-corrected chi connectivity index (χ3v) is 3.98. The van der Waals surface area contributed by atoms with Crippen LogP contribution in [0, 0.1) is 0 Å². The van der Waals surface area contributed by atoms with Crippen molar-refractivity contribution < 1.29 is 9.84 Å². The van der Waals surface area contributed by atoms with Crippen LogP contribution in [0.2, 0.25) is 0 Å². The van der Waals surface area contributed by atoms with E-state index in [4.69, 9.17) is 10.5 Å². The summed E-state index contributed by atoms with van der Waals surface area (Å²) in [5, 5.41) is 9.52. The molecule has 2 fully saturated rings. The van der Waals surface area contributed by atoms with Crippen LogP contribution < -0.4 is 5.73 Å². The van der Waals surface area contributed by atoms with Gasteiger partial charge in [-0.05, 0) is 30.5 Å². The van der Waals surface area contributed by atoms with Crippen LogP contribution in [0.5, 0.6) is 5.75 Å². The monoisotopic (exact) mass is 248 g/mol. The predicted octanol–water partition coefficient (Wildman–Crippen LogP) is 1.08. The number of rotatable bonds is 2. The van der Waals surface area contributed by atoms with Crippen molar-refractivity contribution in [1.82, 2.24) is 4.90 Å². The maximum Gasteiger partial charge on any atom is 0.115 e. The van der Waals surface area contributed by atoms with Gasteiger partial charge in [-0.15, -0.1) is 0 Å². The van der Waals surface area contributed by atoms with Gasteiger partial charge in [0.2, 0.25) is 0 Å². The average Bonchev–Trinajstić information content (AvgIpc) is 2.30. The molecule has 0 aliphatic carbocycles. The number of nitrogens with zero attached hydrogens (tertiary/aromatic N) is 1. The van der Waals surface area contributed by atoms with Crippen LogP contribution in [0.3, 0.4) is 0 Å². The molecule has 1 aromatic rings. The summed E-state index contributed by atoms with van der Waals surface area (Å²) in [5.74, 6) is 0.336. The van der Waals surface area contributed by atoms with Crippen LogP contribution >= 0.6 is 0 Å². The van der Waals surface area contributed by atoms with Crippen LogP contribution in [0.4, 0.5) is 0 Å². The van der Waals surface area contributed by atoms with Crippen LogP contribution in [-0.2, 0) is 11.3 Å². The molecule has 2 bridgehead atoms. The Labute approximate surface area is 107 Å². The van der Waals surface area contributed by atoms with E-state index in [1.807, 2.05) is 12.1 Å². The first kappa shape index (κ1) is 12.0. The number of aromatic hydroxyl groups is 1. The van der Waals surface area contributed by atoms with Gasteiger partial charge in [0.15, 0.2) is 0 Å². The van der Waals surface area contributed by atoms with E-state index in [0.29, 0.717) is 23.9 Å². The van der Waals surface area contributed by atoms with Crippen molar-refractivity contribution in [2.24, 2.45) is 5.73 Å². The average molecular weight is 248 g/mol. The maximum atomic E-state index is 9.52. The molecule has 4 heteroatoms. The van der Waals surface area contributed by atoms with E-state index in [2.05, 4.69) is 11.0 Å². The number of piperidine rings is 1. The van der Waals surface area contributed by atoms with Gasteiger partial charge < -0.3 is 15.6 Å². The topological polar surface area (TPSA) is 58.7 Å². The molecular weight excluding hydrogens is 228 g/mol. The van der Waals surface area contributed by atoms with Gasteiger partial charge in [-0.25, -0.2) is 0 Å². The highest BCUT2D eigenvalue weighted by Crippen LogP contribution is 2.29. The Balaban J connectivity index is 1.75. The zero-order chi connectivity index (χ0) is 12.5. The number of morpholine rings is 1. The lowest BCUT2D eigenvalue weighted by Crippen LogP contribution is -2.58. The van der Waals surface area contributed by atoms with Crippen LogP contribution in [0.25, 0.3) is 0 Å². The lowest BCUT2D eigenvalue weighted by molar-refractivity contribution is -0.0819. The molecular formula is C14H20N2O2. The Morgan fingerprint density at radius 3 is 2.67 bits per heavy atom. The summed E-state index contributed by atoms with van der Waals surface area (Å²) in [6.07, 6.45) is 2.02. The second kappa shape index (κ2) is 4.88. The third-order valence-electron chi connectivity index (χ3n) is 3.98. The number of phenolic OH excluding ortho intramolecular Hbond substituents is 1. The SMILES string of the molecule is NC1CC2COCC(C1)N2Cc1cccc(O)c1. The van der Waals surface area contributed by atoms with Gasteiger partial charge in [0.05, 0.1) is 13.2 Å². The molecule has 3 rings (SSSR count). The molecule has 0 amide bonds. The molecule has 0 spiro atoms. The maximum absolute atomic E-state index is 9.52. The Bertz CT molecular complexity index is 410. The summed E-state index contributed by atoms with van der Waals surface area (Å²) in [4.78, 5) is 2.49. The molecule has 2 heterocycles. The largest absolute Gasteiger partial charge is 0.508 e. The fourth-order valence-electron chi connectivity index (χ4n) is 3.16. The summed E-state index contributed by atoms with van der Waals surface area (Å²) in [7, 11) is 0. The molecule has 0 radical (unpaired) electrons. The number of phenols is 1. The highest BCUT2D eigenvalue weighted by Gasteiger charge is 2.37. The molecule has 2 aliphatic rings. The molecule has 18 heavy (non-hydrogen) atoms. The lowest BCUT2D eigenvalue weighted by Gasteiger charge is -2.47. The molecule has 3 N–H and O–H groups in total. The number of nitrogens with two attached hydrogens (primary N) is 1. The van der Waals surface area contributed by atoms with Gasteiger partial charge in [0.25, 0.3) is 0 Å². The molecule has 0 saturated carbocycles. The number of fused-ring (bicyclic) bond motifs is 2. The normalized spacial score (nSPS) is 32.4. The molecule has 1 aromatic carbocycles. The highest BCUT2D eigenvalue weighted by molar-refractivity contribution is 5.27. The quantitative estimate of drug-likeness (QED) is 0.822. The van der Waals surface area contributed by atoms with E-state index >= 15 is 0 Å². The van der Waals surface area contributed by atoms with Gasteiger partial charge in [0.1, 0.15) is 5.75 Å². The third kappa shape index (κ3) is 2.36. The Morgan fingerprint density at radius 2 is 2.00 bits per heavy atom. The highest BCUT2D eigenvalue weighted by atomic mass is 16.5. The summed E-state index contributed by atoms with van der Waals surface area (Å²) in [6.45, 7) is 2.44. The first-order chi connectivity index (χ1) is 8.72. The predicted molar refractivity (Wildman–Crippen MR) is 69.3 cm³/mol. The minimum absolute atomic E-state index is 0.310. The fraction of sp³-hybridized carbons (Fsp3) is 0.571. The molecule has 2 atom stereocenters. The number of hydrogen-bond donors (Lipinski definition) is 2. The standard InChI is InChI=1S/C14H20N2O2/c15-11-5-12-8-18-9-13(6-11)16(12)7-10-2-1-3-14(17)4-10/h1-4,11-13,17H,5-9,15H2. The van der Waals surface area contributed by atoms with Crippen molar-refractivity contribution in [1.29, 1.82) is 0 Å². The van der Waals surface area contributed by atoms with Gasteiger partial charge in [0, 0.05) is 24.7 Å². The van der Waals surface area contributed by atoms with Crippen molar-refractivity contribution in [3.05, 3.63) is 29.8 Å². The summed E-state index contributed by atoms with van der Waals surface area (Å²) >= 11 is 0. The molecule has 98 valence electrons. The zero-order valence-corrected chi connectivity index (χ0v) is 10.5. The van der Waals surface area contributed by atoms with E-state index < -0.39 is 0 Å². The van der Waals surface area contributed by atoms with E-state index in [0.717, 1.165) is 38.2 Å². The summed E-state index contributed by atoms with van der Waals surface area (Å²) < 4.78 is 5.63. The summed E-state index contributed by atoms with van der Waals surface area (Å²) in [5.41, 5.74) is 7.24. The van der Waals surface area contributed by atoms with E-state index in [-0.39, 0.29) is 0 Å². The summed E-state index contributed by atoms with van der Waals surface area (Å²) in [6, 6.07) is 8.66. The van der Waals surface area contributed by atoms with Crippen LogP contribution in [0.1, 0.15) is 18.4 Å². The molecule has 4 nitrogen and oxygen atoms in total. The number of hydrogen-bond acceptors (Lipinski definition) is 4. The minimum atomic E-state index is 0.310. The Hall–Kier alpha value is -1.10. The second-order valence-corrected chi connectivity index (χ2v) is 5.42. The fourth-order valence-corrected chi connectivity index (χ4v) is 3.16. The van der Waals surface area contributed by atoms with Crippen molar-refractivity contribution >= 4 is 0 Å². The molecule has 2 aliphatic heterocycles. The van der Waals surface area contributed by atoms with Crippen molar-refractivity contribution in [2.75, 3.05) is 13.2 Å². The Morgan fingerprint density at radius 1 is 1.28 bits per heavy atom. The van der Waals surface area contributed by atoms with Crippen molar-refractivity contribution in [3.8, 4) is 5.75 Å². The molecule has 2 unspecified atom stereocenters. The first-order valence-electron chi connectivity index (χ1n) is 6.59. The lowest BCUT2D eigenvalue weighted by atomic mass is 9.90. The van der Waals surface area contributed by atoms with E-state index in [9.17, 15) is 5.11 Å². The van der Waals surface area contributed by atoms with Crippen LogP contribution in [0.15, 0.2) is 24.3 Å².